The lowest BCUT2D eigenvalue weighted by Gasteiger charge is -2.34. The van der Waals surface area contributed by atoms with E-state index in [1.807, 2.05) is 0 Å². The van der Waals surface area contributed by atoms with Crippen molar-refractivity contribution in [1.82, 2.24) is 4.57 Å². The third kappa shape index (κ3) is 4.75. The van der Waals surface area contributed by atoms with Crippen LogP contribution in [0, 0.1) is 0 Å². The highest BCUT2D eigenvalue weighted by Crippen LogP contribution is 2.55. The lowest BCUT2D eigenvalue weighted by atomic mass is 9.81. The molecule has 11 rings (SSSR count). The highest BCUT2D eigenvalue weighted by atomic mass is 15.2. The highest BCUT2D eigenvalue weighted by molar-refractivity contribution is 6.01. The number of aromatic nitrogens is 1. The van der Waals surface area contributed by atoms with E-state index >= 15 is 0 Å². The van der Waals surface area contributed by atoms with Crippen LogP contribution >= 0.6 is 0 Å². The van der Waals surface area contributed by atoms with Gasteiger partial charge in [0.05, 0.1) is 17.3 Å². The second-order valence-electron chi connectivity index (χ2n) is 16.9. The fourth-order valence-corrected chi connectivity index (χ4v) is 10.3. The van der Waals surface area contributed by atoms with E-state index in [2.05, 4.69) is 213 Å². The first-order chi connectivity index (χ1) is 27.3. The topological polar surface area (TPSA) is 8.17 Å². The van der Waals surface area contributed by atoms with Crippen molar-refractivity contribution in [3.63, 3.8) is 0 Å². The van der Waals surface area contributed by atoms with E-state index in [9.17, 15) is 0 Å². The van der Waals surface area contributed by atoms with E-state index in [1.165, 1.54) is 94.5 Å². The van der Waals surface area contributed by atoms with Gasteiger partial charge in [0.2, 0.25) is 0 Å². The number of nitrogens with zero attached hydrogens (tertiary/aromatic N) is 2. The molecule has 0 saturated carbocycles. The SMILES string of the molecule is CC1(C)c2ccccc2-c2ccc(N(c3ccc4c(c3)c3c(n4-c4ccc5ccccc5c4)-c4ccccc4C3(C)C)C3C=CC(c4ccccc4)=CC3)cc21. The Balaban J connectivity index is 1.12. The molecule has 1 heterocycles. The van der Waals surface area contributed by atoms with Gasteiger partial charge >= 0.3 is 0 Å². The molecule has 3 aliphatic carbocycles. The second kappa shape index (κ2) is 12.1. The molecule has 0 bridgehead atoms. The number of fused-ring (bicyclic) bond motifs is 9. The third-order valence-corrected chi connectivity index (χ3v) is 13.1. The molecule has 7 aromatic carbocycles. The van der Waals surface area contributed by atoms with E-state index in [0.29, 0.717) is 0 Å². The van der Waals surface area contributed by atoms with Gasteiger partial charge in [-0.25, -0.2) is 0 Å². The average Bonchev–Trinajstić information content (AvgIpc) is 3.79. The van der Waals surface area contributed by atoms with Crippen molar-refractivity contribution in [1.29, 1.82) is 0 Å². The number of rotatable bonds is 5. The predicted molar refractivity (Wildman–Crippen MR) is 236 cm³/mol. The van der Waals surface area contributed by atoms with Gasteiger partial charge in [0.15, 0.2) is 0 Å². The number of benzene rings is 7. The van der Waals surface area contributed by atoms with Gasteiger partial charge < -0.3 is 9.47 Å². The molecule has 0 fully saturated rings. The van der Waals surface area contributed by atoms with Crippen LogP contribution in [0.5, 0.6) is 0 Å². The van der Waals surface area contributed by atoms with E-state index in [-0.39, 0.29) is 16.9 Å². The maximum absolute atomic E-state index is 2.60. The Morgan fingerprint density at radius 1 is 0.554 bits per heavy atom. The number of hydrogen-bond donors (Lipinski definition) is 0. The first-order valence-corrected chi connectivity index (χ1v) is 20.0. The van der Waals surface area contributed by atoms with E-state index in [0.717, 1.165) is 6.42 Å². The molecule has 0 aliphatic heterocycles. The predicted octanol–water partition coefficient (Wildman–Crippen LogP) is 13.9. The summed E-state index contributed by atoms with van der Waals surface area (Å²) in [5, 5.41) is 3.82. The van der Waals surface area contributed by atoms with Crippen molar-refractivity contribution < 1.29 is 0 Å². The zero-order chi connectivity index (χ0) is 37.8. The van der Waals surface area contributed by atoms with E-state index in [1.54, 1.807) is 0 Å². The summed E-state index contributed by atoms with van der Waals surface area (Å²) in [4.78, 5) is 2.60. The molecule has 0 saturated heterocycles. The third-order valence-electron chi connectivity index (χ3n) is 13.1. The van der Waals surface area contributed by atoms with E-state index in [4.69, 9.17) is 0 Å². The summed E-state index contributed by atoms with van der Waals surface area (Å²) in [5.41, 5.74) is 18.1. The molecule has 56 heavy (non-hydrogen) atoms. The fraction of sp³-hybridized carbons (Fsp3) is 0.148. The maximum atomic E-state index is 2.60. The maximum Gasteiger partial charge on any atom is 0.0585 e. The van der Waals surface area contributed by atoms with Crippen molar-refractivity contribution >= 4 is 38.6 Å². The molecule has 0 N–H and O–H groups in total. The van der Waals surface area contributed by atoms with Crippen LogP contribution in [-0.4, -0.2) is 10.6 Å². The molecular weight excluding hydrogens is 677 g/mol. The summed E-state index contributed by atoms with van der Waals surface area (Å²) in [6.07, 6.45) is 8.08. The largest absolute Gasteiger partial charge is 0.334 e. The molecule has 1 unspecified atom stereocenters. The minimum atomic E-state index is -0.169. The summed E-state index contributed by atoms with van der Waals surface area (Å²) in [5.74, 6) is 0. The standard InChI is InChI=1S/C54H44N2/c1-53(2)47-20-12-10-18-43(47)44-30-28-42(34-49(44)53)55(39-25-22-37(23-26-39)35-14-6-5-7-15-35)41-29-31-50-46(33-41)51-52(45-19-11-13-21-48(45)54(51,3)4)56(50)40-27-24-36-16-8-9-17-38(36)32-40/h5-25,27-34,39H,26H2,1-4H3. The Labute approximate surface area is 329 Å². The van der Waals surface area contributed by atoms with Crippen LogP contribution in [0.15, 0.2) is 176 Å². The molecule has 270 valence electrons. The van der Waals surface area contributed by atoms with Crippen LogP contribution in [-0.2, 0) is 10.8 Å². The van der Waals surface area contributed by atoms with Gasteiger partial charge in [0, 0.05) is 38.8 Å². The zero-order valence-electron chi connectivity index (χ0n) is 32.4. The van der Waals surface area contributed by atoms with Gasteiger partial charge in [-0.05, 0) is 104 Å². The highest BCUT2D eigenvalue weighted by Gasteiger charge is 2.41. The van der Waals surface area contributed by atoms with Crippen LogP contribution in [0.1, 0.15) is 61.9 Å². The van der Waals surface area contributed by atoms with Gasteiger partial charge in [-0.15, -0.1) is 0 Å². The summed E-state index contributed by atoms with van der Waals surface area (Å²) >= 11 is 0. The van der Waals surface area contributed by atoms with Gasteiger partial charge in [0.1, 0.15) is 0 Å². The Morgan fingerprint density at radius 2 is 1.21 bits per heavy atom. The molecule has 0 radical (unpaired) electrons. The molecule has 1 aromatic heterocycles. The minimum Gasteiger partial charge on any atom is -0.334 e. The number of anilines is 2. The van der Waals surface area contributed by atoms with Crippen molar-refractivity contribution in [2.75, 3.05) is 4.90 Å². The Morgan fingerprint density at radius 3 is 2.00 bits per heavy atom. The van der Waals surface area contributed by atoms with E-state index < -0.39 is 0 Å². The molecular formula is C54H44N2. The first-order valence-electron chi connectivity index (χ1n) is 20.0. The summed E-state index contributed by atoms with van der Waals surface area (Å²) < 4.78 is 2.53. The van der Waals surface area contributed by atoms with Gasteiger partial charge in [-0.1, -0.05) is 161 Å². The normalized spacial score (nSPS) is 17.0. The van der Waals surface area contributed by atoms with Crippen molar-refractivity contribution in [2.24, 2.45) is 0 Å². The van der Waals surface area contributed by atoms with Crippen LogP contribution in [0.2, 0.25) is 0 Å². The summed E-state index contributed by atoms with van der Waals surface area (Å²) in [6.45, 7) is 9.58. The Hall–Kier alpha value is -6.38. The average molecular weight is 721 g/mol. The van der Waals surface area contributed by atoms with Gasteiger partial charge in [-0.2, -0.15) is 0 Å². The van der Waals surface area contributed by atoms with Crippen molar-refractivity contribution in [3.8, 4) is 28.1 Å². The van der Waals surface area contributed by atoms with Gasteiger partial charge in [0.25, 0.3) is 0 Å². The Kier molecular flexibility index (Phi) is 7.11. The molecule has 2 heteroatoms. The summed E-state index contributed by atoms with van der Waals surface area (Å²) in [7, 11) is 0. The van der Waals surface area contributed by atoms with Gasteiger partial charge in [-0.3, -0.25) is 0 Å². The Bertz CT molecular complexity index is 2950. The van der Waals surface area contributed by atoms with Crippen LogP contribution < -0.4 is 4.90 Å². The minimum absolute atomic E-state index is 0.0892. The monoisotopic (exact) mass is 720 g/mol. The lowest BCUT2D eigenvalue weighted by molar-refractivity contribution is 0.659. The van der Waals surface area contributed by atoms with Crippen LogP contribution in [0.4, 0.5) is 11.4 Å². The number of allylic oxidation sites excluding steroid dienone is 2. The lowest BCUT2D eigenvalue weighted by Crippen LogP contribution is -2.30. The summed E-state index contributed by atoms with van der Waals surface area (Å²) in [6, 6.07) is 59.0. The molecule has 0 spiro atoms. The zero-order valence-corrected chi connectivity index (χ0v) is 32.4. The van der Waals surface area contributed by atoms with Crippen LogP contribution in [0.3, 0.4) is 0 Å². The fourth-order valence-electron chi connectivity index (χ4n) is 10.3. The molecule has 3 aliphatic rings. The smallest absolute Gasteiger partial charge is 0.0585 e. The van der Waals surface area contributed by atoms with Crippen molar-refractivity contribution in [2.45, 2.75) is 51.0 Å². The van der Waals surface area contributed by atoms with Crippen LogP contribution in [0.25, 0.3) is 55.3 Å². The molecule has 2 nitrogen and oxygen atoms in total. The molecule has 1 atom stereocenters. The quantitative estimate of drug-likeness (QED) is 0.172. The molecule has 8 aromatic rings. The first kappa shape index (κ1) is 33.0. The molecule has 0 amide bonds. The van der Waals surface area contributed by atoms with Crippen molar-refractivity contribution in [3.05, 3.63) is 204 Å². The second-order valence-corrected chi connectivity index (χ2v) is 16.9. The number of hydrogen-bond acceptors (Lipinski definition) is 1.